The van der Waals surface area contributed by atoms with Crippen LogP contribution in [0.4, 0.5) is 5.69 Å². The summed E-state index contributed by atoms with van der Waals surface area (Å²) in [6.07, 6.45) is 1.83. The van der Waals surface area contributed by atoms with Crippen LogP contribution < -0.4 is 19.7 Å². The van der Waals surface area contributed by atoms with Gasteiger partial charge in [0.15, 0.2) is 6.61 Å². The van der Waals surface area contributed by atoms with Gasteiger partial charge in [0.2, 0.25) is 0 Å². The molecule has 0 bridgehead atoms. The molecule has 0 aliphatic carbocycles. The van der Waals surface area contributed by atoms with Crippen LogP contribution in [0.1, 0.15) is 12.0 Å². The van der Waals surface area contributed by atoms with Crippen LogP contribution in [0.25, 0.3) is 0 Å². The van der Waals surface area contributed by atoms with Crippen molar-refractivity contribution < 1.29 is 14.3 Å². The van der Waals surface area contributed by atoms with Crippen molar-refractivity contribution in [2.75, 3.05) is 39.3 Å². The molecule has 0 radical (unpaired) electrons. The molecule has 25 heavy (non-hydrogen) atoms. The van der Waals surface area contributed by atoms with Crippen LogP contribution in [0.3, 0.4) is 0 Å². The van der Waals surface area contributed by atoms with E-state index < -0.39 is 0 Å². The highest BCUT2D eigenvalue weighted by Crippen LogP contribution is 2.18. The molecule has 0 atom stereocenters. The maximum absolute atomic E-state index is 11.8. The molecule has 0 fully saturated rings. The standard InChI is InChI=1S/C20H26N2O3/c1-22(2)17-11-9-16(10-12-17)6-5-13-21-20(23)15-25-19-8-4-7-18(14-19)24-3/h4,7-12,14H,5-6,13,15H2,1-3H3,(H,21,23). The van der Waals surface area contributed by atoms with E-state index in [-0.39, 0.29) is 12.5 Å². The number of amides is 1. The molecule has 5 nitrogen and oxygen atoms in total. The zero-order valence-corrected chi connectivity index (χ0v) is 15.1. The second kappa shape index (κ2) is 9.57. The molecule has 0 saturated carbocycles. The Morgan fingerprint density at radius 2 is 1.80 bits per heavy atom. The Hall–Kier alpha value is -2.69. The van der Waals surface area contributed by atoms with Gasteiger partial charge in [-0.05, 0) is 42.7 Å². The van der Waals surface area contributed by atoms with Crippen LogP contribution in [0.2, 0.25) is 0 Å². The molecule has 5 heteroatoms. The molecule has 0 aliphatic heterocycles. The minimum Gasteiger partial charge on any atom is -0.497 e. The lowest BCUT2D eigenvalue weighted by Crippen LogP contribution is -2.29. The van der Waals surface area contributed by atoms with Gasteiger partial charge in [-0.1, -0.05) is 18.2 Å². The average molecular weight is 342 g/mol. The average Bonchev–Trinajstić information content (AvgIpc) is 2.64. The van der Waals surface area contributed by atoms with Crippen molar-refractivity contribution in [3.63, 3.8) is 0 Å². The number of anilines is 1. The molecule has 0 heterocycles. The van der Waals surface area contributed by atoms with Gasteiger partial charge in [-0.3, -0.25) is 4.79 Å². The number of ether oxygens (including phenoxy) is 2. The summed E-state index contributed by atoms with van der Waals surface area (Å²) in [5, 5.41) is 2.88. The molecule has 2 aromatic rings. The van der Waals surface area contributed by atoms with Crippen LogP contribution in [0.5, 0.6) is 11.5 Å². The van der Waals surface area contributed by atoms with Gasteiger partial charge in [0, 0.05) is 32.4 Å². The van der Waals surface area contributed by atoms with Crippen molar-refractivity contribution in [2.24, 2.45) is 0 Å². The summed E-state index contributed by atoms with van der Waals surface area (Å²) in [7, 11) is 5.65. The predicted octanol–water partition coefficient (Wildman–Crippen LogP) is 2.89. The van der Waals surface area contributed by atoms with Crippen molar-refractivity contribution in [3.05, 3.63) is 54.1 Å². The van der Waals surface area contributed by atoms with Gasteiger partial charge in [-0.15, -0.1) is 0 Å². The van der Waals surface area contributed by atoms with Crippen LogP contribution >= 0.6 is 0 Å². The minimum atomic E-state index is -0.120. The molecule has 1 N–H and O–H groups in total. The molecule has 0 spiro atoms. The Balaban J connectivity index is 1.65. The smallest absolute Gasteiger partial charge is 0.257 e. The third-order valence-electron chi connectivity index (χ3n) is 3.83. The number of hydrogen-bond donors (Lipinski definition) is 1. The van der Waals surface area contributed by atoms with E-state index in [1.165, 1.54) is 11.3 Å². The second-order valence-electron chi connectivity index (χ2n) is 5.98. The number of methoxy groups -OCH3 is 1. The summed E-state index contributed by atoms with van der Waals surface area (Å²) >= 11 is 0. The summed E-state index contributed by atoms with van der Waals surface area (Å²) in [6, 6.07) is 15.7. The van der Waals surface area contributed by atoms with Gasteiger partial charge in [-0.2, -0.15) is 0 Å². The molecule has 134 valence electrons. The lowest BCUT2D eigenvalue weighted by Gasteiger charge is -2.12. The number of nitrogens with one attached hydrogen (secondary N) is 1. The Morgan fingerprint density at radius 3 is 2.48 bits per heavy atom. The Bertz CT molecular complexity index is 669. The van der Waals surface area contributed by atoms with E-state index in [0.29, 0.717) is 18.0 Å². The highest BCUT2D eigenvalue weighted by Gasteiger charge is 2.03. The second-order valence-corrected chi connectivity index (χ2v) is 5.98. The zero-order valence-electron chi connectivity index (χ0n) is 15.1. The fraction of sp³-hybridized carbons (Fsp3) is 0.350. The first-order chi connectivity index (χ1) is 12.1. The number of benzene rings is 2. The lowest BCUT2D eigenvalue weighted by molar-refractivity contribution is -0.123. The van der Waals surface area contributed by atoms with Crippen LogP contribution in [0.15, 0.2) is 48.5 Å². The Kier molecular flexibility index (Phi) is 7.14. The van der Waals surface area contributed by atoms with Gasteiger partial charge in [0.05, 0.1) is 7.11 Å². The maximum Gasteiger partial charge on any atom is 0.257 e. The summed E-state index contributed by atoms with van der Waals surface area (Å²) in [5.41, 5.74) is 2.46. The number of aryl methyl sites for hydroxylation is 1. The molecular weight excluding hydrogens is 316 g/mol. The number of rotatable bonds is 9. The molecule has 0 unspecified atom stereocenters. The third kappa shape index (κ3) is 6.37. The fourth-order valence-corrected chi connectivity index (χ4v) is 2.37. The summed E-state index contributed by atoms with van der Waals surface area (Å²) in [6.45, 7) is 0.639. The van der Waals surface area contributed by atoms with Crippen molar-refractivity contribution in [3.8, 4) is 11.5 Å². The van der Waals surface area contributed by atoms with Crippen molar-refractivity contribution in [1.29, 1.82) is 0 Å². The summed E-state index contributed by atoms with van der Waals surface area (Å²) in [4.78, 5) is 13.9. The molecule has 2 rings (SSSR count). The predicted molar refractivity (Wildman–Crippen MR) is 101 cm³/mol. The first-order valence-corrected chi connectivity index (χ1v) is 8.38. The molecule has 0 aliphatic rings. The van der Waals surface area contributed by atoms with E-state index >= 15 is 0 Å². The summed E-state index contributed by atoms with van der Waals surface area (Å²) < 4.78 is 10.6. The first kappa shape index (κ1) is 18.6. The van der Waals surface area contributed by atoms with Gasteiger partial charge in [-0.25, -0.2) is 0 Å². The highest BCUT2D eigenvalue weighted by atomic mass is 16.5. The van der Waals surface area contributed by atoms with Crippen LogP contribution in [0, 0.1) is 0 Å². The third-order valence-corrected chi connectivity index (χ3v) is 3.83. The van der Waals surface area contributed by atoms with Crippen LogP contribution in [-0.4, -0.2) is 40.3 Å². The largest absolute Gasteiger partial charge is 0.497 e. The maximum atomic E-state index is 11.8. The zero-order chi connectivity index (χ0) is 18.1. The van der Waals surface area contributed by atoms with E-state index in [2.05, 4.69) is 34.5 Å². The molecule has 0 saturated heterocycles. The quantitative estimate of drug-likeness (QED) is 0.712. The number of nitrogens with zero attached hydrogens (tertiary/aromatic N) is 1. The lowest BCUT2D eigenvalue weighted by atomic mass is 10.1. The van der Waals surface area contributed by atoms with E-state index in [9.17, 15) is 4.79 Å². The van der Waals surface area contributed by atoms with Gasteiger partial charge in [0.25, 0.3) is 5.91 Å². The van der Waals surface area contributed by atoms with Crippen LogP contribution in [-0.2, 0) is 11.2 Å². The van der Waals surface area contributed by atoms with Gasteiger partial charge < -0.3 is 19.7 Å². The number of hydrogen-bond acceptors (Lipinski definition) is 4. The number of carbonyl (C=O) groups excluding carboxylic acids is 1. The van der Waals surface area contributed by atoms with Gasteiger partial charge >= 0.3 is 0 Å². The SMILES string of the molecule is COc1cccc(OCC(=O)NCCCc2ccc(N(C)C)cc2)c1. The van der Waals surface area contributed by atoms with E-state index in [1.54, 1.807) is 19.2 Å². The first-order valence-electron chi connectivity index (χ1n) is 8.38. The minimum absolute atomic E-state index is 0.00466. The molecule has 2 aromatic carbocycles. The molecule has 0 aromatic heterocycles. The molecular formula is C20H26N2O3. The van der Waals surface area contributed by atoms with E-state index in [4.69, 9.17) is 9.47 Å². The topological polar surface area (TPSA) is 50.8 Å². The Morgan fingerprint density at radius 1 is 1.08 bits per heavy atom. The van der Waals surface area contributed by atoms with Gasteiger partial charge in [0.1, 0.15) is 11.5 Å². The van der Waals surface area contributed by atoms with E-state index in [1.807, 2.05) is 26.2 Å². The fourth-order valence-electron chi connectivity index (χ4n) is 2.37. The Labute approximate surface area is 149 Å². The van der Waals surface area contributed by atoms with Crippen molar-refractivity contribution >= 4 is 11.6 Å². The summed E-state index contributed by atoms with van der Waals surface area (Å²) in [5.74, 6) is 1.21. The number of carbonyl (C=O) groups is 1. The highest BCUT2D eigenvalue weighted by molar-refractivity contribution is 5.77. The normalized spacial score (nSPS) is 10.2. The van der Waals surface area contributed by atoms with Crippen molar-refractivity contribution in [2.45, 2.75) is 12.8 Å². The monoisotopic (exact) mass is 342 g/mol. The molecule has 1 amide bonds. The van der Waals surface area contributed by atoms with Crippen molar-refractivity contribution in [1.82, 2.24) is 5.32 Å². The van der Waals surface area contributed by atoms with E-state index in [0.717, 1.165) is 12.8 Å².